The Balaban J connectivity index is 1.61. The van der Waals surface area contributed by atoms with Crippen LogP contribution in [0.1, 0.15) is 34.5 Å². The van der Waals surface area contributed by atoms with Crippen molar-refractivity contribution in [2.24, 2.45) is 0 Å². The zero-order chi connectivity index (χ0) is 26.4. The second kappa shape index (κ2) is 16.0. The molecule has 0 aromatic heterocycles. The molecule has 0 saturated carbocycles. The Morgan fingerprint density at radius 1 is 0.711 bits per heavy atom. The number of fused-ring (bicyclic) bond motifs is 2. The highest BCUT2D eigenvalue weighted by Gasteiger charge is 2.19. The van der Waals surface area contributed by atoms with Crippen molar-refractivity contribution in [2.75, 3.05) is 53.5 Å². The van der Waals surface area contributed by atoms with Gasteiger partial charge in [0, 0.05) is 22.7 Å². The largest absolute Gasteiger partial charge is 0.467 e. The molecule has 0 radical (unpaired) electrons. The van der Waals surface area contributed by atoms with E-state index in [1.54, 1.807) is 7.11 Å². The number of hydrogen-bond acceptors (Lipinski definition) is 7. The number of hydrogen-bond donors (Lipinski definition) is 0. The number of ether oxygens (including phenoxy) is 7. The maximum atomic E-state index is 6.41. The predicted octanol–water partition coefficient (Wildman–Crippen LogP) is 6.01. The molecule has 204 valence electrons. The van der Waals surface area contributed by atoms with Gasteiger partial charge in [0.15, 0.2) is 6.79 Å². The first kappa shape index (κ1) is 28.7. The minimum Gasteiger partial charge on any atom is -0.467 e. The second-order valence-corrected chi connectivity index (χ2v) is 9.70. The van der Waals surface area contributed by atoms with Crippen LogP contribution in [0.3, 0.4) is 0 Å². The summed E-state index contributed by atoms with van der Waals surface area (Å²) in [5.74, 6) is 0.685. The van der Waals surface area contributed by atoms with E-state index < -0.39 is 0 Å². The molecule has 0 fully saturated rings. The lowest BCUT2D eigenvalue weighted by molar-refractivity contribution is -0.0567. The lowest BCUT2D eigenvalue weighted by Gasteiger charge is -2.23. The van der Waals surface area contributed by atoms with E-state index >= 15 is 0 Å². The first-order valence-electron chi connectivity index (χ1n) is 12.7. The van der Waals surface area contributed by atoms with Crippen molar-refractivity contribution in [1.82, 2.24) is 0 Å². The van der Waals surface area contributed by atoms with Gasteiger partial charge in [0.05, 0.1) is 52.9 Å². The minimum absolute atomic E-state index is 0.109. The van der Waals surface area contributed by atoms with Crippen LogP contribution < -0.4 is 4.74 Å². The van der Waals surface area contributed by atoms with Gasteiger partial charge in [0.25, 0.3) is 0 Å². The molecule has 7 nitrogen and oxygen atoms in total. The number of benzene rings is 3. The highest BCUT2D eigenvalue weighted by molar-refractivity contribution is 9.10. The molecule has 0 spiro atoms. The van der Waals surface area contributed by atoms with Gasteiger partial charge in [-0.1, -0.05) is 76.6 Å². The summed E-state index contributed by atoms with van der Waals surface area (Å²) >= 11 is 3.66. The molecule has 1 unspecified atom stereocenters. The van der Waals surface area contributed by atoms with E-state index in [9.17, 15) is 0 Å². The minimum atomic E-state index is -0.255. The van der Waals surface area contributed by atoms with Crippen molar-refractivity contribution in [3.63, 3.8) is 0 Å². The van der Waals surface area contributed by atoms with E-state index in [0.29, 0.717) is 58.6 Å². The molecule has 2 bridgehead atoms. The third kappa shape index (κ3) is 8.88. The molecule has 1 aliphatic rings. The number of halogens is 1. The van der Waals surface area contributed by atoms with Gasteiger partial charge < -0.3 is 33.2 Å². The molecule has 1 aliphatic heterocycles. The zero-order valence-electron chi connectivity index (χ0n) is 21.7. The Kier molecular flexibility index (Phi) is 12.1. The van der Waals surface area contributed by atoms with Gasteiger partial charge in [-0.15, -0.1) is 0 Å². The summed E-state index contributed by atoms with van der Waals surface area (Å²) in [4.78, 5) is 0. The van der Waals surface area contributed by atoms with Crippen LogP contribution in [0.5, 0.6) is 5.75 Å². The highest BCUT2D eigenvalue weighted by Crippen LogP contribution is 2.33. The summed E-state index contributed by atoms with van der Waals surface area (Å²) in [6, 6.07) is 24.1. The predicted molar refractivity (Wildman–Crippen MR) is 147 cm³/mol. The molecule has 0 amide bonds. The van der Waals surface area contributed by atoms with Crippen LogP contribution in [0.25, 0.3) is 0 Å². The fraction of sp³-hybridized carbons (Fsp3) is 0.400. The number of rotatable bonds is 5. The summed E-state index contributed by atoms with van der Waals surface area (Å²) in [5, 5.41) is 0. The molecule has 4 rings (SSSR count). The monoisotopic (exact) mass is 586 g/mol. The first-order valence-corrected chi connectivity index (χ1v) is 13.5. The SMILES string of the molecule is COCOc1c2cc(Br)cc1CO[C@@H](c1ccccc1)COCCOCCOCC(c1ccccc1)OC2. The number of methoxy groups -OCH3 is 1. The molecule has 0 aliphatic carbocycles. The van der Waals surface area contributed by atoms with Gasteiger partial charge >= 0.3 is 0 Å². The molecule has 38 heavy (non-hydrogen) atoms. The maximum absolute atomic E-state index is 6.41. The maximum Gasteiger partial charge on any atom is 0.188 e. The fourth-order valence-electron chi connectivity index (χ4n) is 4.15. The van der Waals surface area contributed by atoms with E-state index in [1.807, 2.05) is 72.8 Å². The van der Waals surface area contributed by atoms with Crippen molar-refractivity contribution in [3.8, 4) is 5.75 Å². The molecule has 1 heterocycles. The molecule has 3 aromatic carbocycles. The second-order valence-electron chi connectivity index (χ2n) is 8.79. The van der Waals surface area contributed by atoms with Gasteiger partial charge in [0.1, 0.15) is 18.0 Å². The van der Waals surface area contributed by atoms with Crippen LogP contribution in [0.4, 0.5) is 0 Å². The lowest BCUT2D eigenvalue weighted by atomic mass is 10.1. The summed E-state index contributed by atoms with van der Waals surface area (Å²) in [5.41, 5.74) is 3.85. The standard InChI is InChI=1S/C30H35BrO7/c1-32-22-38-30-25-16-27(31)17-26(30)19-37-29(24-10-6-3-7-11-24)21-35-15-13-33-12-14-34-20-28(36-18-25)23-8-4-2-5-9-23/h2-11,16-17,28-29H,12-15,18-22H2,1H3/t28-,29?/m1/s1. The van der Waals surface area contributed by atoms with E-state index in [-0.39, 0.29) is 19.0 Å². The van der Waals surface area contributed by atoms with Crippen molar-refractivity contribution in [1.29, 1.82) is 0 Å². The Labute approximate surface area is 233 Å². The quantitative estimate of drug-likeness (QED) is 0.339. The summed E-state index contributed by atoms with van der Waals surface area (Å²) in [6.07, 6.45) is -0.510. The van der Waals surface area contributed by atoms with Crippen molar-refractivity contribution in [3.05, 3.63) is 99.5 Å². The lowest BCUT2D eigenvalue weighted by Crippen LogP contribution is -2.18. The van der Waals surface area contributed by atoms with Gasteiger partial charge in [-0.3, -0.25) is 0 Å². The van der Waals surface area contributed by atoms with Gasteiger partial charge in [-0.2, -0.15) is 0 Å². The molecular formula is C30H35BrO7. The first-order chi connectivity index (χ1) is 18.7. The molecule has 8 heteroatoms. The molecule has 2 atom stereocenters. The summed E-state index contributed by atoms with van der Waals surface area (Å²) in [7, 11) is 1.60. The van der Waals surface area contributed by atoms with Crippen LogP contribution in [-0.4, -0.2) is 53.5 Å². The van der Waals surface area contributed by atoms with Crippen molar-refractivity contribution < 1.29 is 33.2 Å². The van der Waals surface area contributed by atoms with Crippen LogP contribution >= 0.6 is 15.9 Å². The molecule has 0 N–H and O–H groups in total. The molecular weight excluding hydrogens is 552 g/mol. The van der Waals surface area contributed by atoms with Crippen LogP contribution in [0.2, 0.25) is 0 Å². The Hall–Kier alpha value is -2.30. The smallest absolute Gasteiger partial charge is 0.188 e. The third-order valence-electron chi connectivity index (χ3n) is 6.03. The van der Waals surface area contributed by atoms with Crippen molar-refractivity contribution in [2.45, 2.75) is 25.4 Å². The zero-order valence-corrected chi connectivity index (χ0v) is 23.3. The van der Waals surface area contributed by atoms with Gasteiger partial charge in [0.2, 0.25) is 0 Å². The topological polar surface area (TPSA) is 64.6 Å². The molecule has 3 aromatic rings. The van der Waals surface area contributed by atoms with Gasteiger partial charge in [-0.05, 0) is 23.3 Å². The van der Waals surface area contributed by atoms with Crippen LogP contribution in [0.15, 0.2) is 77.3 Å². The van der Waals surface area contributed by atoms with E-state index in [4.69, 9.17) is 33.2 Å². The van der Waals surface area contributed by atoms with Crippen LogP contribution in [-0.2, 0) is 41.6 Å². The fourth-order valence-corrected chi connectivity index (χ4v) is 4.70. The van der Waals surface area contributed by atoms with Crippen LogP contribution in [0, 0.1) is 0 Å². The average Bonchev–Trinajstić information content (AvgIpc) is 2.95. The van der Waals surface area contributed by atoms with E-state index in [2.05, 4.69) is 15.9 Å². The van der Waals surface area contributed by atoms with E-state index in [0.717, 1.165) is 26.7 Å². The summed E-state index contributed by atoms with van der Waals surface area (Å²) < 4.78 is 42.6. The third-order valence-corrected chi connectivity index (χ3v) is 6.49. The van der Waals surface area contributed by atoms with E-state index in [1.165, 1.54) is 0 Å². The highest BCUT2D eigenvalue weighted by atomic mass is 79.9. The molecule has 0 saturated heterocycles. The average molecular weight is 588 g/mol. The summed E-state index contributed by atoms with van der Waals surface area (Å²) in [6.45, 7) is 3.43. The normalized spacial score (nSPS) is 20.3. The van der Waals surface area contributed by atoms with Crippen molar-refractivity contribution >= 4 is 15.9 Å². The van der Waals surface area contributed by atoms with Gasteiger partial charge in [-0.25, -0.2) is 0 Å². The Bertz CT molecular complexity index is 1000. The Morgan fingerprint density at radius 3 is 1.66 bits per heavy atom. The Morgan fingerprint density at radius 2 is 1.18 bits per heavy atom.